The first-order valence-corrected chi connectivity index (χ1v) is 9.65. The van der Waals surface area contributed by atoms with Crippen molar-refractivity contribution in [2.75, 3.05) is 0 Å². The Labute approximate surface area is 157 Å². The predicted molar refractivity (Wildman–Crippen MR) is 107 cm³/mol. The van der Waals surface area contributed by atoms with E-state index in [1.54, 1.807) is 11.8 Å². The zero-order valence-corrected chi connectivity index (χ0v) is 15.7. The Morgan fingerprint density at radius 1 is 0.885 bits per heavy atom. The molecule has 0 aliphatic carbocycles. The van der Waals surface area contributed by atoms with Crippen LogP contribution in [0.25, 0.3) is 10.8 Å². The van der Waals surface area contributed by atoms with Crippen LogP contribution in [0.1, 0.15) is 28.1 Å². The smallest absolute Gasteiger partial charge is 0.276 e. The summed E-state index contributed by atoms with van der Waals surface area (Å²) in [6.07, 6.45) is 0.670. The molecule has 0 aliphatic heterocycles. The minimum Gasteiger partial charge on any atom is -0.416 e. The van der Waals surface area contributed by atoms with Gasteiger partial charge in [-0.05, 0) is 46.9 Å². The molecule has 0 fully saturated rings. The van der Waals surface area contributed by atoms with Crippen molar-refractivity contribution in [3.8, 4) is 0 Å². The minimum absolute atomic E-state index is 0.622. The van der Waals surface area contributed by atoms with Gasteiger partial charge in [0.1, 0.15) is 0 Å². The summed E-state index contributed by atoms with van der Waals surface area (Å²) in [7, 11) is 0. The first kappa shape index (κ1) is 16.9. The lowest BCUT2D eigenvalue weighted by Crippen LogP contribution is -1.90. The number of thioether (sulfide) groups is 1. The molecule has 1 heterocycles. The lowest BCUT2D eigenvalue weighted by atomic mass is 10.0. The molecule has 3 nitrogen and oxygen atoms in total. The summed E-state index contributed by atoms with van der Waals surface area (Å²) in [6.45, 7) is 4.24. The van der Waals surface area contributed by atoms with Gasteiger partial charge < -0.3 is 4.42 Å². The molecule has 4 rings (SSSR count). The van der Waals surface area contributed by atoms with Crippen molar-refractivity contribution in [2.45, 2.75) is 31.2 Å². The number of rotatable bonds is 5. The molecule has 0 unspecified atom stereocenters. The van der Waals surface area contributed by atoms with Crippen molar-refractivity contribution in [3.63, 3.8) is 0 Å². The Bertz CT molecular complexity index is 1050. The SMILES string of the molecule is Cc1ccc(Cc2nnc(SCc3cccc4ccccc34)o2)cc1C. The Morgan fingerprint density at radius 2 is 1.73 bits per heavy atom. The first-order chi connectivity index (χ1) is 12.7. The van der Waals surface area contributed by atoms with Crippen LogP contribution in [0.4, 0.5) is 0 Å². The number of hydrogen-bond acceptors (Lipinski definition) is 4. The van der Waals surface area contributed by atoms with Gasteiger partial charge >= 0.3 is 0 Å². The van der Waals surface area contributed by atoms with Crippen LogP contribution in [-0.4, -0.2) is 10.2 Å². The van der Waals surface area contributed by atoms with Gasteiger partial charge in [-0.1, -0.05) is 72.4 Å². The average molecular weight is 360 g/mol. The fourth-order valence-electron chi connectivity index (χ4n) is 3.01. The van der Waals surface area contributed by atoms with Crippen LogP contribution in [-0.2, 0) is 12.2 Å². The van der Waals surface area contributed by atoms with Crippen molar-refractivity contribution in [2.24, 2.45) is 0 Å². The van der Waals surface area contributed by atoms with Crippen LogP contribution < -0.4 is 0 Å². The number of aromatic nitrogens is 2. The molecule has 0 N–H and O–H groups in total. The van der Waals surface area contributed by atoms with Crippen molar-refractivity contribution < 1.29 is 4.42 Å². The molecule has 4 aromatic rings. The van der Waals surface area contributed by atoms with Crippen LogP contribution in [0.5, 0.6) is 0 Å². The highest BCUT2D eigenvalue weighted by Gasteiger charge is 2.09. The quantitative estimate of drug-likeness (QED) is 0.427. The number of aryl methyl sites for hydroxylation is 2. The molecule has 0 spiro atoms. The van der Waals surface area contributed by atoms with Gasteiger partial charge in [0.15, 0.2) is 0 Å². The zero-order valence-electron chi connectivity index (χ0n) is 14.9. The molecule has 0 atom stereocenters. The van der Waals surface area contributed by atoms with Gasteiger partial charge in [-0.3, -0.25) is 0 Å². The molecule has 1 aromatic heterocycles. The molecule has 0 radical (unpaired) electrons. The minimum atomic E-state index is 0.622. The summed E-state index contributed by atoms with van der Waals surface area (Å²) in [5.41, 5.74) is 5.06. The lowest BCUT2D eigenvalue weighted by Gasteiger charge is -2.04. The van der Waals surface area contributed by atoms with E-state index in [1.807, 2.05) is 0 Å². The second-order valence-electron chi connectivity index (χ2n) is 6.48. The highest BCUT2D eigenvalue weighted by Crippen LogP contribution is 2.27. The molecule has 3 aromatic carbocycles. The van der Waals surface area contributed by atoms with Crippen LogP contribution in [0.15, 0.2) is 70.3 Å². The summed E-state index contributed by atoms with van der Waals surface area (Å²) in [5, 5.41) is 11.5. The van der Waals surface area contributed by atoms with E-state index in [0.717, 1.165) is 5.75 Å². The summed E-state index contributed by atoms with van der Waals surface area (Å²) in [6, 6.07) is 21.3. The maximum Gasteiger partial charge on any atom is 0.276 e. The van der Waals surface area contributed by atoms with Gasteiger partial charge in [0.25, 0.3) is 5.22 Å². The van der Waals surface area contributed by atoms with Gasteiger partial charge in [0.2, 0.25) is 5.89 Å². The summed E-state index contributed by atoms with van der Waals surface area (Å²) in [5.74, 6) is 1.47. The fraction of sp³-hybridized carbons (Fsp3) is 0.182. The lowest BCUT2D eigenvalue weighted by molar-refractivity contribution is 0.420. The molecule has 0 bridgehead atoms. The van der Waals surface area contributed by atoms with Gasteiger partial charge in [0.05, 0.1) is 6.42 Å². The largest absolute Gasteiger partial charge is 0.416 e. The zero-order chi connectivity index (χ0) is 17.9. The Hall–Kier alpha value is -2.59. The van der Waals surface area contributed by atoms with Gasteiger partial charge in [-0.2, -0.15) is 0 Å². The Kier molecular flexibility index (Phi) is 4.76. The van der Waals surface area contributed by atoms with Crippen LogP contribution >= 0.6 is 11.8 Å². The summed E-state index contributed by atoms with van der Waals surface area (Å²) >= 11 is 1.59. The average Bonchev–Trinajstić information content (AvgIpc) is 3.10. The third kappa shape index (κ3) is 3.65. The standard InChI is InChI=1S/C22H20N2OS/c1-15-10-11-17(12-16(15)2)13-21-23-24-22(25-21)26-14-19-8-5-7-18-6-3-4-9-20(18)19/h3-12H,13-14H2,1-2H3. The number of benzene rings is 3. The molecular weight excluding hydrogens is 340 g/mol. The third-order valence-electron chi connectivity index (χ3n) is 4.61. The fourth-order valence-corrected chi connectivity index (χ4v) is 3.80. The summed E-state index contributed by atoms with van der Waals surface area (Å²) in [4.78, 5) is 0. The highest BCUT2D eigenvalue weighted by atomic mass is 32.2. The maximum absolute atomic E-state index is 5.83. The molecule has 0 aliphatic rings. The number of nitrogens with zero attached hydrogens (tertiary/aromatic N) is 2. The summed E-state index contributed by atoms with van der Waals surface area (Å²) < 4.78 is 5.83. The van der Waals surface area contributed by atoms with E-state index in [4.69, 9.17) is 4.42 Å². The molecular formula is C22H20N2OS. The van der Waals surface area contributed by atoms with E-state index in [1.165, 1.54) is 33.0 Å². The topological polar surface area (TPSA) is 38.9 Å². The predicted octanol–water partition coefficient (Wildman–Crippen LogP) is 5.72. The highest BCUT2D eigenvalue weighted by molar-refractivity contribution is 7.98. The normalized spacial score (nSPS) is 11.2. The van der Waals surface area contributed by atoms with Crippen molar-refractivity contribution in [3.05, 3.63) is 88.8 Å². The van der Waals surface area contributed by atoms with Crippen LogP contribution in [0.2, 0.25) is 0 Å². The number of hydrogen-bond donors (Lipinski definition) is 0. The molecule has 26 heavy (non-hydrogen) atoms. The maximum atomic E-state index is 5.83. The number of fused-ring (bicyclic) bond motifs is 1. The van der Waals surface area contributed by atoms with Gasteiger partial charge in [-0.25, -0.2) is 0 Å². The van der Waals surface area contributed by atoms with E-state index < -0.39 is 0 Å². The van der Waals surface area contributed by atoms with E-state index in [2.05, 4.69) is 84.7 Å². The molecule has 4 heteroatoms. The second-order valence-corrected chi connectivity index (χ2v) is 7.41. The van der Waals surface area contributed by atoms with Crippen molar-refractivity contribution >= 4 is 22.5 Å². The molecule has 0 saturated carbocycles. The van der Waals surface area contributed by atoms with Gasteiger partial charge in [0, 0.05) is 5.75 Å². The van der Waals surface area contributed by atoms with Crippen LogP contribution in [0.3, 0.4) is 0 Å². The molecule has 0 saturated heterocycles. The molecule has 0 amide bonds. The first-order valence-electron chi connectivity index (χ1n) is 8.67. The second kappa shape index (κ2) is 7.34. The third-order valence-corrected chi connectivity index (χ3v) is 5.47. The molecule has 130 valence electrons. The van der Waals surface area contributed by atoms with E-state index >= 15 is 0 Å². The van der Waals surface area contributed by atoms with Crippen molar-refractivity contribution in [1.82, 2.24) is 10.2 Å². The van der Waals surface area contributed by atoms with Gasteiger partial charge in [-0.15, -0.1) is 10.2 Å². The van der Waals surface area contributed by atoms with Crippen molar-refractivity contribution in [1.29, 1.82) is 0 Å². The van der Waals surface area contributed by atoms with E-state index in [-0.39, 0.29) is 0 Å². The van der Waals surface area contributed by atoms with Crippen LogP contribution in [0, 0.1) is 13.8 Å². The Morgan fingerprint density at radius 3 is 2.62 bits per heavy atom. The monoisotopic (exact) mass is 360 g/mol. The van der Waals surface area contributed by atoms with E-state index in [9.17, 15) is 0 Å². The Balaban J connectivity index is 1.45. The van der Waals surface area contributed by atoms with E-state index in [0.29, 0.717) is 17.5 Å².